The number of nitrogens with zero attached hydrogens (tertiary/aromatic N) is 1. The summed E-state index contributed by atoms with van der Waals surface area (Å²) in [6.07, 6.45) is 1.53. The summed E-state index contributed by atoms with van der Waals surface area (Å²) < 4.78 is 7.25. The van der Waals surface area contributed by atoms with Crippen LogP contribution in [-0.2, 0) is 4.79 Å². The van der Waals surface area contributed by atoms with Crippen LogP contribution in [0.1, 0.15) is 15.9 Å². The van der Waals surface area contributed by atoms with Gasteiger partial charge in [0, 0.05) is 20.2 Å². The van der Waals surface area contributed by atoms with Gasteiger partial charge in [-0.05, 0) is 72.3 Å². The Morgan fingerprint density at radius 1 is 0.933 bits per heavy atom. The van der Waals surface area contributed by atoms with Gasteiger partial charge in [0.05, 0.1) is 6.21 Å². The molecule has 2 amide bonds. The smallest absolute Gasteiger partial charge is 0.271 e. The maximum absolute atomic E-state index is 12.0. The number of anilines is 1. The molecule has 30 heavy (non-hydrogen) atoms. The molecule has 3 aromatic rings. The van der Waals surface area contributed by atoms with Gasteiger partial charge >= 0.3 is 0 Å². The Labute approximate surface area is 190 Å². The predicted octanol–water partition coefficient (Wildman–Crippen LogP) is 4.99. The van der Waals surface area contributed by atoms with Gasteiger partial charge in [0.2, 0.25) is 0 Å². The number of ether oxygens (including phenoxy) is 1. The van der Waals surface area contributed by atoms with E-state index in [4.69, 9.17) is 4.74 Å². The third-order valence-electron chi connectivity index (χ3n) is 3.84. The van der Waals surface area contributed by atoms with Gasteiger partial charge in [-0.3, -0.25) is 9.59 Å². The fraction of sp³-hybridized carbons (Fsp3) is 0.0455. The Morgan fingerprint density at radius 3 is 2.37 bits per heavy atom. The number of amides is 2. The Kier molecular flexibility index (Phi) is 7.75. The second kappa shape index (κ2) is 10.7. The number of carbonyl (C=O) groups excluding carboxylic acids is 2. The Morgan fingerprint density at radius 2 is 1.67 bits per heavy atom. The van der Waals surface area contributed by atoms with Crippen LogP contribution in [0, 0.1) is 0 Å². The van der Waals surface area contributed by atoms with Gasteiger partial charge in [-0.1, -0.05) is 37.9 Å². The van der Waals surface area contributed by atoms with Gasteiger partial charge in [0.25, 0.3) is 11.8 Å². The van der Waals surface area contributed by atoms with E-state index < -0.39 is 0 Å². The van der Waals surface area contributed by atoms with Crippen molar-refractivity contribution in [3.05, 3.63) is 92.9 Å². The first kappa shape index (κ1) is 21.7. The molecule has 0 saturated carbocycles. The summed E-state index contributed by atoms with van der Waals surface area (Å²) in [5, 5.41) is 6.71. The normalized spacial score (nSPS) is 10.6. The van der Waals surface area contributed by atoms with E-state index in [1.54, 1.807) is 54.6 Å². The number of benzene rings is 3. The van der Waals surface area contributed by atoms with Crippen LogP contribution >= 0.6 is 31.9 Å². The highest BCUT2D eigenvalue weighted by Gasteiger charge is 2.05. The van der Waals surface area contributed by atoms with Gasteiger partial charge in [0.15, 0.2) is 6.61 Å². The number of carbonyl (C=O) groups is 2. The lowest BCUT2D eigenvalue weighted by Crippen LogP contribution is -2.20. The zero-order valence-electron chi connectivity index (χ0n) is 15.6. The first-order chi connectivity index (χ1) is 14.5. The third kappa shape index (κ3) is 6.82. The number of nitrogens with one attached hydrogen (secondary N) is 2. The van der Waals surface area contributed by atoms with Crippen molar-refractivity contribution in [3.8, 4) is 5.75 Å². The molecule has 0 aliphatic rings. The molecule has 8 heteroatoms. The van der Waals surface area contributed by atoms with Crippen LogP contribution in [0.3, 0.4) is 0 Å². The Bertz CT molecular complexity index is 1050. The molecule has 0 unspecified atom stereocenters. The number of halogens is 2. The second-order valence-corrected chi connectivity index (χ2v) is 7.95. The van der Waals surface area contributed by atoms with E-state index in [0.717, 1.165) is 14.5 Å². The fourth-order valence-corrected chi connectivity index (χ4v) is 3.05. The van der Waals surface area contributed by atoms with Crippen molar-refractivity contribution in [2.75, 3.05) is 11.9 Å². The van der Waals surface area contributed by atoms with Crippen LogP contribution in [0.2, 0.25) is 0 Å². The molecule has 0 bridgehead atoms. The molecule has 152 valence electrons. The van der Waals surface area contributed by atoms with Gasteiger partial charge in [-0.15, -0.1) is 0 Å². The van der Waals surface area contributed by atoms with E-state index in [0.29, 0.717) is 17.0 Å². The number of hydrogen-bond donors (Lipinski definition) is 2. The standard InChI is InChI=1S/C22H17Br2N3O3/c23-17-6-8-19(9-7-17)26-21(28)14-30-20-10-4-15(5-11-20)13-25-27-22(29)16-2-1-3-18(24)12-16/h1-13H,14H2,(H,26,28)(H,27,29)/b25-13-. The molecule has 0 aliphatic heterocycles. The summed E-state index contributed by atoms with van der Waals surface area (Å²) >= 11 is 6.67. The first-order valence-corrected chi connectivity index (χ1v) is 10.5. The quantitative estimate of drug-likeness (QED) is 0.333. The highest BCUT2D eigenvalue weighted by molar-refractivity contribution is 9.10. The minimum Gasteiger partial charge on any atom is -0.484 e. The minimum atomic E-state index is -0.302. The maximum atomic E-state index is 12.0. The summed E-state index contributed by atoms with van der Waals surface area (Å²) in [7, 11) is 0. The Balaban J connectivity index is 1.46. The van der Waals surface area contributed by atoms with Gasteiger partial charge < -0.3 is 10.1 Å². The van der Waals surface area contributed by atoms with Crippen molar-refractivity contribution in [2.45, 2.75) is 0 Å². The second-order valence-electron chi connectivity index (χ2n) is 6.12. The molecule has 0 heterocycles. The van der Waals surface area contributed by atoms with Crippen LogP contribution in [-0.4, -0.2) is 24.6 Å². The highest BCUT2D eigenvalue weighted by Crippen LogP contribution is 2.15. The fourth-order valence-electron chi connectivity index (χ4n) is 2.39. The van der Waals surface area contributed by atoms with Crippen LogP contribution < -0.4 is 15.5 Å². The van der Waals surface area contributed by atoms with Gasteiger partial charge in [-0.2, -0.15) is 5.10 Å². The number of hydrogen-bond acceptors (Lipinski definition) is 4. The van der Waals surface area contributed by atoms with Crippen molar-refractivity contribution < 1.29 is 14.3 Å². The predicted molar refractivity (Wildman–Crippen MR) is 124 cm³/mol. The van der Waals surface area contributed by atoms with E-state index >= 15 is 0 Å². The van der Waals surface area contributed by atoms with Crippen molar-refractivity contribution in [2.24, 2.45) is 5.10 Å². The molecule has 6 nitrogen and oxygen atoms in total. The molecule has 0 spiro atoms. The average molecular weight is 531 g/mol. The summed E-state index contributed by atoms with van der Waals surface area (Å²) in [6, 6.07) is 21.3. The highest BCUT2D eigenvalue weighted by atomic mass is 79.9. The average Bonchev–Trinajstić information content (AvgIpc) is 2.75. The monoisotopic (exact) mass is 529 g/mol. The summed E-state index contributed by atoms with van der Waals surface area (Å²) in [6.45, 7) is -0.105. The van der Waals surface area contributed by atoms with Crippen LogP contribution in [0.4, 0.5) is 5.69 Å². The molecule has 0 saturated heterocycles. The van der Waals surface area contributed by atoms with E-state index in [2.05, 4.69) is 47.7 Å². The van der Waals surface area contributed by atoms with E-state index in [1.807, 2.05) is 18.2 Å². The molecule has 3 aromatic carbocycles. The lowest BCUT2D eigenvalue weighted by molar-refractivity contribution is -0.118. The van der Waals surface area contributed by atoms with Crippen molar-refractivity contribution >= 4 is 55.6 Å². The van der Waals surface area contributed by atoms with E-state index in [1.165, 1.54) is 6.21 Å². The lowest BCUT2D eigenvalue weighted by atomic mass is 10.2. The van der Waals surface area contributed by atoms with Crippen molar-refractivity contribution in [1.82, 2.24) is 5.43 Å². The zero-order chi connectivity index (χ0) is 21.3. The molecule has 0 aliphatic carbocycles. The van der Waals surface area contributed by atoms with Crippen LogP contribution in [0.15, 0.2) is 86.8 Å². The lowest BCUT2D eigenvalue weighted by Gasteiger charge is -2.08. The summed E-state index contributed by atoms with van der Waals surface area (Å²) in [4.78, 5) is 24.0. The first-order valence-electron chi connectivity index (χ1n) is 8.87. The summed E-state index contributed by atoms with van der Waals surface area (Å²) in [5.74, 6) is -0.00112. The third-order valence-corrected chi connectivity index (χ3v) is 4.87. The molecule has 3 rings (SSSR count). The summed E-state index contributed by atoms with van der Waals surface area (Å²) in [5.41, 5.74) is 4.46. The minimum absolute atomic E-state index is 0.105. The number of hydrazone groups is 1. The molecule has 2 N–H and O–H groups in total. The molecular formula is C22H17Br2N3O3. The van der Waals surface area contributed by atoms with Gasteiger partial charge in [0.1, 0.15) is 5.75 Å². The topological polar surface area (TPSA) is 79.8 Å². The molecular weight excluding hydrogens is 514 g/mol. The number of rotatable bonds is 7. The molecule has 0 atom stereocenters. The van der Waals surface area contributed by atoms with Gasteiger partial charge in [-0.25, -0.2) is 5.43 Å². The van der Waals surface area contributed by atoms with E-state index in [9.17, 15) is 9.59 Å². The maximum Gasteiger partial charge on any atom is 0.271 e. The van der Waals surface area contributed by atoms with E-state index in [-0.39, 0.29) is 18.4 Å². The molecule has 0 aromatic heterocycles. The largest absolute Gasteiger partial charge is 0.484 e. The van der Waals surface area contributed by atoms with Crippen molar-refractivity contribution in [3.63, 3.8) is 0 Å². The SMILES string of the molecule is O=C(COc1ccc(/C=N\NC(=O)c2cccc(Br)c2)cc1)Nc1ccc(Br)cc1. The van der Waals surface area contributed by atoms with Crippen molar-refractivity contribution in [1.29, 1.82) is 0 Å². The molecule has 0 fully saturated rings. The van der Waals surface area contributed by atoms with Crippen LogP contribution in [0.25, 0.3) is 0 Å². The molecule has 0 radical (unpaired) electrons. The zero-order valence-corrected chi connectivity index (χ0v) is 18.8. The van der Waals surface area contributed by atoms with Crippen LogP contribution in [0.5, 0.6) is 5.75 Å². The Hall–Kier alpha value is -2.97.